The molecule has 1 aromatic carbocycles. The zero-order chi connectivity index (χ0) is 9.10. The molecule has 1 aliphatic rings. The van der Waals surface area contributed by atoms with Gasteiger partial charge in [0.15, 0.2) is 0 Å². The first-order valence-corrected chi connectivity index (χ1v) is 4.56. The smallest absolute Gasteiger partial charge is 0.0650 e. The predicted molar refractivity (Wildman–Crippen MR) is 55.2 cm³/mol. The molecule has 0 amide bonds. The normalized spacial score (nSPS) is 16.2. The fourth-order valence-corrected chi connectivity index (χ4v) is 1.45. The number of hydrogen-bond donors (Lipinski definition) is 2. The van der Waals surface area contributed by atoms with Crippen molar-refractivity contribution >= 4 is 5.57 Å². The minimum atomic E-state index is 0.870. The van der Waals surface area contributed by atoms with Gasteiger partial charge in [-0.05, 0) is 18.1 Å². The van der Waals surface area contributed by atoms with Crippen LogP contribution in [0, 0.1) is 6.92 Å². The Kier molecular flexibility index (Phi) is 2.32. The van der Waals surface area contributed by atoms with E-state index in [-0.39, 0.29) is 0 Å². The monoisotopic (exact) mass is 174 g/mol. The Morgan fingerprint density at radius 1 is 1.15 bits per heavy atom. The Labute approximate surface area is 78.7 Å². The number of hydrogen-bond acceptors (Lipinski definition) is 2. The molecule has 0 radical (unpaired) electrons. The average Bonchev–Trinajstić information content (AvgIpc) is 2.20. The largest absolute Gasteiger partial charge is 0.378 e. The molecular weight excluding hydrogens is 160 g/mol. The highest BCUT2D eigenvalue weighted by Crippen LogP contribution is 2.14. The van der Waals surface area contributed by atoms with Crippen molar-refractivity contribution in [2.45, 2.75) is 6.92 Å². The van der Waals surface area contributed by atoms with Gasteiger partial charge in [-0.3, -0.25) is 5.32 Å². The van der Waals surface area contributed by atoms with Gasteiger partial charge in [0.1, 0.15) is 0 Å². The van der Waals surface area contributed by atoms with Crippen LogP contribution in [0.25, 0.3) is 5.57 Å². The van der Waals surface area contributed by atoms with Gasteiger partial charge in [-0.2, -0.15) is 0 Å². The van der Waals surface area contributed by atoms with Gasteiger partial charge >= 0.3 is 0 Å². The van der Waals surface area contributed by atoms with Gasteiger partial charge < -0.3 is 5.32 Å². The average molecular weight is 174 g/mol. The van der Waals surface area contributed by atoms with Gasteiger partial charge in [0.2, 0.25) is 0 Å². The van der Waals surface area contributed by atoms with Gasteiger partial charge in [0, 0.05) is 12.7 Å². The highest BCUT2D eigenvalue weighted by atomic mass is 15.1. The van der Waals surface area contributed by atoms with E-state index in [1.54, 1.807) is 0 Å². The molecule has 13 heavy (non-hydrogen) atoms. The molecule has 68 valence electrons. The lowest BCUT2D eigenvalue weighted by Crippen LogP contribution is -2.31. The predicted octanol–water partition coefficient (Wildman–Crippen LogP) is 1.49. The molecule has 0 aromatic heterocycles. The summed E-state index contributed by atoms with van der Waals surface area (Å²) < 4.78 is 0. The summed E-state index contributed by atoms with van der Waals surface area (Å²) in [7, 11) is 0. The van der Waals surface area contributed by atoms with E-state index in [0.717, 1.165) is 13.2 Å². The Hall–Kier alpha value is -1.28. The van der Waals surface area contributed by atoms with E-state index in [9.17, 15) is 0 Å². The van der Waals surface area contributed by atoms with E-state index in [1.165, 1.54) is 16.7 Å². The molecule has 2 rings (SSSR count). The van der Waals surface area contributed by atoms with Crippen LogP contribution in [0.3, 0.4) is 0 Å². The van der Waals surface area contributed by atoms with E-state index in [1.807, 2.05) is 0 Å². The Bertz CT molecular complexity index is 311. The second kappa shape index (κ2) is 3.62. The summed E-state index contributed by atoms with van der Waals surface area (Å²) in [6, 6.07) is 8.61. The molecule has 2 nitrogen and oxygen atoms in total. The van der Waals surface area contributed by atoms with Crippen molar-refractivity contribution in [3.63, 3.8) is 0 Å². The van der Waals surface area contributed by atoms with Crippen molar-refractivity contribution in [3.8, 4) is 0 Å². The molecule has 1 aromatic rings. The highest BCUT2D eigenvalue weighted by molar-refractivity contribution is 5.67. The van der Waals surface area contributed by atoms with Crippen molar-refractivity contribution < 1.29 is 0 Å². The van der Waals surface area contributed by atoms with Gasteiger partial charge in [-0.1, -0.05) is 29.8 Å². The van der Waals surface area contributed by atoms with E-state index >= 15 is 0 Å². The van der Waals surface area contributed by atoms with Gasteiger partial charge in [0.25, 0.3) is 0 Å². The lowest BCUT2D eigenvalue weighted by Gasteiger charge is -2.15. The van der Waals surface area contributed by atoms with Crippen LogP contribution in [0.4, 0.5) is 0 Å². The van der Waals surface area contributed by atoms with Gasteiger partial charge in [0.05, 0.1) is 6.67 Å². The van der Waals surface area contributed by atoms with Gasteiger partial charge in [-0.25, -0.2) is 0 Å². The molecule has 1 heterocycles. The molecule has 2 heteroatoms. The molecule has 0 unspecified atom stereocenters. The number of benzene rings is 1. The maximum absolute atomic E-state index is 3.27. The lowest BCUT2D eigenvalue weighted by atomic mass is 10.0. The molecular formula is C11H14N2. The molecule has 0 spiro atoms. The van der Waals surface area contributed by atoms with Crippen molar-refractivity contribution in [2.24, 2.45) is 0 Å². The molecule has 0 saturated carbocycles. The van der Waals surface area contributed by atoms with Crippen LogP contribution in [0.15, 0.2) is 30.5 Å². The summed E-state index contributed by atoms with van der Waals surface area (Å²) in [5, 5.41) is 6.44. The Balaban J connectivity index is 2.24. The molecule has 0 aliphatic carbocycles. The third kappa shape index (κ3) is 1.90. The van der Waals surface area contributed by atoms with Crippen molar-refractivity contribution in [1.82, 2.24) is 10.6 Å². The summed E-state index contributed by atoms with van der Waals surface area (Å²) in [4.78, 5) is 0. The quantitative estimate of drug-likeness (QED) is 0.674. The Morgan fingerprint density at radius 2 is 1.92 bits per heavy atom. The van der Waals surface area contributed by atoms with Crippen LogP contribution in [0.2, 0.25) is 0 Å². The summed E-state index contributed by atoms with van der Waals surface area (Å²) >= 11 is 0. The first kappa shape index (κ1) is 8.32. The second-order valence-corrected chi connectivity index (χ2v) is 3.34. The summed E-state index contributed by atoms with van der Waals surface area (Å²) in [6.45, 7) is 3.93. The van der Waals surface area contributed by atoms with Crippen LogP contribution in [0.1, 0.15) is 11.1 Å². The van der Waals surface area contributed by atoms with E-state index in [4.69, 9.17) is 0 Å². The van der Waals surface area contributed by atoms with Crippen LogP contribution in [0.5, 0.6) is 0 Å². The van der Waals surface area contributed by atoms with Gasteiger partial charge in [-0.15, -0.1) is 0 Å². The van der Waals surface area contributed by atoms with Crippen LogP contribution in [-0.4, -0.2) is 13.2 Å². The first-order valence-electron chi connectivity index (χ1n) is 4.56. The van der Waals surface area contributed by atoms with Crippen molar-refractivity contribution in [1.29, 1.82) is 0 Å². The molecule has 2 N–H and O–H groups in total. The topological polar surface area (TPSA) is 24.1 Å². The zero-order valence-electron chi connectivity index (χ0n) is 7.80. The minimum Gasteiger partial charge on any atom is -0.378 e. The SMILES string of the molecule is Cc1ccc(C2=CNCNC2)cc1. The zero-order valence-corrected chi connectivity index (χ0v) is 7.80. The lowest BCUT2D eigenvalue weighted by molar-refractivity contribution is 0.678. The Morgan fingerprint density at radius 3 is 2.54 bits per heavy atom. The van der Waals surface area contributed by atoms with Crippen LogP contribution < -0.4 is 10.6 Å². The number of nitrogens with one attached hydrogen (secondary N) is 2. The molecule has 0 bridgehead atoms. The number of rotatable bonds is 1. The summed E-state index contributed by atoms with van der Waals surface area (Å²) in [5.41, 5.74) is 3.93. The fourth-order valence-electron chi connectivity index (χ4n) is 1.45. The van der Waals surface area contributed by atoms with Crippen LogP contribution >= 0.6 is 0 Å². The maximum atomic E-state index is 3.27. The number of aryl methyl sites for hydroxylation is 1. The molecule has 0 atom stereocenters. The minimum absolute atomic E-state index is 0.870. The highest BCUT2D eigenvalue weighted by Gasteiger charge is 2.03. The molecule has 1 aliphatic heterocycles. The van der Waals surface area contributed by atoms with E-state index in [0.29, 0.717) is 0 Å². The standard InChI is InChI=1S/C11H14N2/c1-9-2-4-10(5-3-9)11-6-12-8-13-7-11/h2-6,12-13H,7-8H2,1H3. The third-order valence-corrected chi connectivity index (χ3v) is 2.24. The van der Waals surface area contributed by atoms with Crippen molar-refractivity contribution in [2.75, 3.05) is 13.2 Å². The van der Waals surface area contributed by atoms with Crippen LogP contribution in [-0.2, 0) is 0 Å². The van der Waals surface area contributed by atoms with E-state index in [2.05, 4.69) is 48.0 Å². The maximum Gasteiger partial charge on any atom is 0.0650 e. The van der Waals surface area contributed by atoms with Crippen molar-refractivity contribution in [3.05, 3.63) is 41.6 Å². The second-order valence-electron chi connectivity index (χ2n) is 3.34. The summed E-state index contributed by atoms with van der Waals surface area (Å²) in [6.07, 6.45) is 2.08. The van der Waals surface area contributed by atoms with E-state index < -0.39 is 0 Å². The first-order chi connectivity index (χ1) is 6.36. The fraction of sp³-hybridized carbons (Fsp3) is 0.273. The summed E-state index contributed by atoms with van der Waals surface area (Å²) in [5.74, 6) is 0. The third-order valence-electron chi connectivity index (χ3n) is 2.24. The molecule has 0 saturated heterocycles. The molecule has 0 fully saturated rings.